The minimum absolute atomic E-state index is 0.371. The molecule has 6 heteroatoms. The summed E-state index contributed by atoms with van der Waals surface area (Å²) in [6.07, 6.45) is 1.41. The molecule has 0 saturated carbocycles. The number of carbonyl (C=O) groups is 1. The zero-order valence-electron chi connectivity index (χ0n) is 13.1. The molecule has 1 aliphatic rings. The summed E-state index contributed by atoms with van der Waals surface area (Å²) in [5.41, 5.74) is 1.03. The van der Waals surface area contributed by atoms with E-state index in [1.54, 1.807) is 36.4 Å². The Kier molecular flexibility index (Phi) is 3.52. The molecular formula is C17H16N2O4. The zero-order valence-corrected chi connectivity index (χ0v) is 13.1. The number of nitrogens with zero attached hydrogens (tertiary/aromatic N) is 2. The minimum Gasteiger partial charge on any atom is -0.618 e. The van der Waals surface area contributed by atoms with Crippen LogP contribution in [-0.4, -0.2) is 24.5 Å². The highest BCUT2D eigenvalue weighted by molar-refractivity contribution is 6.14. The first kappa shape index (κ1) is 15.0. The van der Waals surface area contributed by atoms with Crippen molar-refractivity contribution >= 4 is 11.7 Å². The van der Waals surface area contributed by atoms with Crippen LogP contribution in [0, 0.1) is 5.21 Å². The Morgan fingerprint density at radius 1 is 1.30 bits per heavy atom. The summed E-state index contributed by atoms with van der Waals surface area (Å²) < 4.78 is 11.3. The molecule has 0 amide bonds. The van der Waals surface area contributed by atoms with Gasteiger partial charge in [-0.1, -0.05) is 0 Å². The van der Waals surface area contributed by atoms with Gasteiger partial charge in [0.05, 0.1) is 12.7 Å². The third-order valence-corrected chi connectivity index (χ3v) is 3.46. The SMILES string of the molecule is COC(=O)c1ccc2c(c1)C(c1cccc[n+]1[O-])=NC(C)(C)O2. The van der Waals surface area contributed by atoms with E-state index >= 15 is 0 Å². The number of aliphatic imine (C=N–C) groups is 1. The maximum absolute atomic E-state index is 12.1. The number of hydrogen-bond donors (Lipinski definition) is 0. The molecule has 6 nitrogen and oxygen atoms in total. The molecule has 0 atom stereocenters. The largest absolute Gasteiger partial charge is 0.618 e. The quantitative estimate of drug-likeness (QED) is 0.483. The molecule has 2 heterocycles. The lowest BCUT2D eigenvalue weighted by Crippen LogP contribution is -2.39. The number of benzene rings is 1. The summed E-state index contributed by atoms with van der Waals surface area (Å²) in [6, 6.07) is 10.0. The van der Waals surface area contributed by atoms with Crippen LogP contribution < -0.4 is 9.47 Å². The van der Waals surface area contributed by atoms with Crippen LogP contribution in [0.1, 0.15) is 35.5 Å². The van der Waals surface area contributed by atoms with Crippen molar-refractivity contribution in [3.8, 4) is 5.75 Å². The minimum atomic E-state index is -0.808. The molecule has 0 bridgehead atoms. The second-order valence-electron chi connectivity index (χ2n) is 5.62. The van der Waals surface area contributed by atoms with E-state index in [-0.39, 0.29) is 0 Å². The van der Waals surface area contributed by atoms with Gasteiger partial charge in [0, 0.05) is 17.7 Å². The molecule has 0 radical (unpaired) electrons. The molecular weight excluding hydrogens is 296 g/mol. The fourth-order valence-corrected chi connectivity index (χ4v) is 2.48. The van der Waals surface area contributed by atoms with Crippen LogP contribution in [0.3, 0.4) is 0 Å². The monoisotopic (exact) mass is 312 g/mol. The van der Waals surface area contributed by atoms with E-state index in [0.717, 1.165) is 4.73 Å². The van der Waals surface area contributed by atoms with Crippen molar-refractivity contribution in [2.24, 2.45) is 4.99 Å². The van der Waals surface area contributed by atoms with Crippen molar-refractivity contribution in [1.29, 1.82) is 0 Å². The highest BCUT2D eigenvalue weighted by Crippen LogP contribution is 2.32. The lowest BCUT2D eigenvalue weighted by atomic mass is 10.00. The predicted octanol–water partition coefficient (Wildman–Crippen LogP) is 2.07. The van der Waals surface area contributed by atoms with Gasteiger partial charge in [0.25, 0.3) is 0 Å². The molecule has 0 unspecified atom stereocenters. The maximum Gasteiger partial charge on any atom is 0.337 e. The fraction of sp³-hybridized carbons (Fsp3) is 0.235. The molecule has 0 fully saturated rings. The number of ether oxygens (including phenoxy) is 2. The Labute approximate surface area is 133 Å². The fourth-order valence-electron chi connectivity index (χ4n) is 2.48. The molecule has 0 spiro atoms. The molecule has 118 valence electrons. The van der Waals surface area contributed by atoms with Crippen molar-refractivity contribution in [1.82, 2.24) is 0 Å². The lowest BCUT2D eigenvalue weighted by Gasteiger charge is -2.29. The molecule has 0 aliphatic carbocycles. The van der Waals surface area contributed by atoms with Crippen LogP contribution in [0.15, 0.2) is 47.6 Å². The average Bonchev–Trinajstić information content (AvgIpc) is 2.52. The van der Waals surface area contributed by atoms with E-state index in [0.29, 0.717) is 28.3 Å². The number of aromatic nitrogens is 1. The maximum atomic E-state index is 12.1. The summed E-state index contributed by atoms with van der Waals surface area (Å²) >= 11 is 0. The number of esters is 1. The number of carbonyl (C=O) groups excluding carboxylic acids is 1. The number of fused-ring (bicyclic) bond motifs is 1. The average molecular weight is 312 g/mol. The first-order valence-electron chi connectivity index (χ1n) is 7.11. The van der Waals surface area contributed by atoms with E-state index < -0.39 is 11.7 Å². The Hall–Kier alpha value is -2.89. The highest BCUT2D eigenvalue weighted by atomic mass is 16.5. The van der Waals surface area contributed by atoms with Gasteiger partial charge < -0.3 is 14.7 Å². The van der Waals surface area contributed by atoms with Crippen LogP contribution >= 0.6 is 0 Å². The Bertz CT molecular complexity index is 812. The Morgan fingerprint density at radius 3 is 2.78 bits per heavy atom. The van der Waals surface area contributed by atoms with Gasteiger partial charge in [0.1, 0.15) is 11.5 Å². The highest BCUT2D eigenvalue weighted by Gasteiger charge is 2.32. The van der Waals surface area contributed by atoms with Gasteiger partial charge in [-0.25, -0.2) is 9.79 Å². The summed E-state index contributed by atoms with van der Waals surface area (Å²) in [7, 11) is 1.32. The van der Waals surface area contributed by atoms with E-state index in [9.17, 15) is 10.0 Å². The van der Waals surface area contributed by atoms with Crippen molar-refractivity contribution in [2.45, 2.75) is 19.6 Å². The van der Waals surface area contributed by atoms with Crippen molar-refractivity contribution < 1.29 is 19.0 Å². The van der Waals surface area contributed by atoms with Crippen molar-refractivity contribution in [3.63, 3.8) is 0 Å². The first-order chi connectivity index (χ1) is 10.9. The molecule has 2 aromatic rings. The van der Waals surface area contributed by atoms with Crippen LogP contribution in [-0.2, 0) is 4.74 Å². The molecule has 1 aromatic heterocycles. The molecule has 3 rings (SSSR count). The molecule has 0 N–H and O–H groups in total. The van der Waals surface area contributed by atoms with E-state index in [1.165, 1.54) is 13.3 Å². The van der Waals surface area contributed by atoms with Crippen molar-refractivity contribution in [3.05, 3.63) is 64.6 Å². The van der Waals surface area contributed by atoms with Crippen LogP contribution in [0.4, 0.5) is 0 Å². The second-order valence-corrected chi connectivity index (χ2v) is 5.62. The lowest BCUT2D eigenvalue weighted by molar-refractivity contribution is -0.606. The second kappa shape index (κ2) is 5.39. The number of hydrogen-bond acceptors (Lipinski definition) is 5. The van der Waals surface area contributed by atoms with Gasteiger partial charge >= 0.3 is 5.97 Å². The van der Waals surface area contributed by atoms with Gasteiger partial charge in [-0.05, 0) is 38.1 Å². The molecule has 1 aliphatic heterocycles. The Balaban J connectivity index is 2.21. The molecule has 0 saturated heterocycles. The smallest absolute Gasteiger partial charge is 0.337 e. The van der Waals surface area contributed by atoms with Crippen LogP contribution in [0.25, 0.3) is 0 Å². The summed E-state index contributed by atoms with van der Waals surface area (Å²) in [6.45, 7) is 3.62. The van der Waals surface area contributed by atoms with Gasteiger partial charge in [0.2, 0.25) is 5.69 Å². The summed E-state index contributed by atoms with van der Waals surface area (Å²) in [5, 5.41) is 12.1. The van der Waals surface area contributed by atoms with Crippen molar-refractivity contribution in [2.75, 3.05) is 7.11 Å². The number of pyridine rings is 1. The first-order valence-corrected chi connectivity index (χ1v) is 7.11. The van der Waals surface area contributed by atoms with Crippen LogP contribution in [0.5, 0.6) is 5.75 Å². The third-order valence-electron chi connectivity index (χ3n) is 3.46. The Morgan fingerprint density at radius 2 is 2.09 bits per heavy atom. The standard InChI is InChI=1S/C17H16N2O4/c1-17(2)18-15(13-6-4-5-9-19(13)21)12-10-11(16(20)22-3)7-8-14(12)23-17/h4-10H,1-3H3. The summed E-state index contributed by atoms with van der Waals surface area (Å²) in [5.74, 6) is 0.108. The molecule has 1 aromatic carbocycles. The van der Waals surface area contributed by atoms with E-state index in [4.69, 9.17) is 9.47 Å². The van der Waals surface area contributed by atoms with E-state index in [1.807, 2.05) is 13.8 Å². The number of rotatable bonds is 2. The van der Waals surface area contributed by atoms with Gasteiger partial charge in [0.15, 0.2) is 11.9 Å². The predicted molar refractivity (Wildman–Crippen MR) is 83.5 cm³/mol. The third kappa shape index (κ3) is 2.75. The van der Waals surface area contributed by atoms with Gasteiger partial charge in [-0.2, -0.15) is 4.73 Å². The molecule has 23 heavy (non-hydrogen) atoms. The zero-order chi connectivity index (χ0) is 16.6. The van der Waals surface area contributed by atoms with E-state index in [2.05, 4.69) is 4.99 Å². The summed E-state index contributed by atoms with van der Waals surface area (Å²) in [4.78, 5) is 16.3. The topological polar surface area (TPSA) is 74.8 Å². The van der Waals surface area contributed by atoms with Gasteiger partial charge in [-0.15, -0.1) is 0 Å². The number of methoxy groups -OCH3 is 1. The normalized spacial score (nSPS) is 15.2. The van der Waals surface area contributed by atoms with Gasteiger partial charge in [-0.3, -0.25) is 0 Å². The van der Waals surface area contributed by atoms with Crippen LogP contribution in [0.2, 0.25) is 0 Å².